The first kappa shape index (κ1) is 21.8. The van der Waals surface area contributed by atoms with Crippen LogP contribution in [0.1, 0.15) is 49.3 Å². The topological polar surface area (TPSA) is 32.3 Å². The molecule has 3 nitrogen and oxygen atoms in total. The number of aryl methyl sites for hydroxylation is 1. The first-order valence-corrected chi connectivity index (χ1v) is 10.8. The van der Waals surface area contributed by atoms with Gasteiger partial charge in [-0.15, -0.1) is 0 Å². The second-order valence-corrected chi connectivity index (χ2v) is 8.65. The molecule has 0 radical (unpaired) electrons. The number of likely N-dealkylation sites (tertiary alicyclic amines) is 1. The van der Waals surface area contributed by atoms with Crippen molar-refractivity contribution in [3.8, 4) is 0 Å². The highest BCUT2D eigenvalue weighted by Gasteiger charge is 2.33. The van der Waals surface area contributed by atoms with Crippen LogP contribution in [0.25, 0.3) is 0 Å². The van der Waals surface area contributed by atoms with E-state index in [1.165, 1.54) is 6.07 Å². The highest BCUT2D eigenvalue weighted by Crippen LogP contribution is 2.33. The van der Waals surface area contributed by atoms with Crippen molar-refractivity contribution in [1.29, 1.82) is 0 Å². The first-order chi connectivity index (χ1) is 13.9. The summed E-state index contributed by atoms with van der Waals surface area (Å²) in [5.41, 5.74) is 2.80. The van der Waals surface area contributed by atoms with Gasteiger partial charge in [0.05, 0.1) is 5.92 Å². The second-order valence-electron chi connectivity index (χ2n) is 8.24. The number of nitrogens with zero attached hydrogens (tertiary/aromatic N) is 1. The van der Waals surface area contributed by atoms with Crippen LogP contribution < -0.4 is 5.32 Å². The largest absolute Gasteiger partial charge is 0.353 e. The van der Waals surface area contributed by atoms with E-state index >= 15 is 0 Å². The molecule has 1 amide bonds. The molecular formula is C24H30ClFN2O. The Morgan fingerprint density at radius 2 is 2.03 bits per heavy atom. The maximum atomic E-state index is 13.8. The molecule has 1 aliphatic rings. The fraction of sp³-hybridized carbons (Fsp3) is 0.458. The van der Waals surface area contributed by atoms with Crippen molar-refractivity contribution in [2.24, 2.45) is 5.92 Å². The smallest absolute Gasteiger partial charge is 0.224 e. The highest BCUT2D eigenvalue weighted by atomic mass is 35.5. The number of rotatable bonds is 6. The number of carbonyl (C=O) groups excluding carboxylic acids is 1. The molecule has 0 unspecified atom stereocenters. The molecule has 0 bridgehead atoms. The Hall–Kier alpha value is -1.91. The lowest BCUT2D eigenvalue weighted by Crippen LogP contribution is -2.47. The van der Waals surface area contributed by atoms with Crippen LogP contribution in [0.15, 0.2) is 42.5 Å². The van der Waals surface area contributed by atoms with Crippen molar-refractivity contribution in [3.05, 3.63) is 70.0 Å². The van der Waals surface area contributed by atoms with E-state index in [-0.39, 0.29) is 29.6 Å². The summed E-state index contributed by atoms with van der Waals surface area (Å²) < 4.78 is 13.8. The number of halogens is 2. The summed E-state index contributed by atoms with van der Waals surface area (Å²) in [5.74, 6) is -0.00981. The van der Waals surface area contributed by atoms with Crippen LogP contribution in [0.5, 0.6) is 0 Å². The molecule has 3 rings (SSSR count). The van der Waals surface area contributed by atoms with Crippen molar-refractivity contribution in [2.75, 3.05) is 13.1 Å². The third-order valence-corrected chi connectivity index (χ3v) is 6.27. The molecule has 0 aliphatic carbocycles. The molecule has 1 heterocycles. The lowest BCUT2D eigenvalue weighted by atomic mass is 9.83. The molecule has 1 saturated heterocycles. The van der Waals surface area contributed by atoms with E-state index in [0.717, 1.165) is 35.5 Å². The monoisotopic (exact) mass is 416 g/mol. The normalized spacial score (nSPS) is 21.0. The van der Waals surface area contributed by atoms with Gasteiger partial charge >= 0.3 is 0 Å². The standard InChI is InChI=1S/C24H30ClFN2O/c1-4-17(3)27-24(29)21-12-20(18-9-10-23(26)16(2)11-18)14-28(15-21)13-19-7-5-6-8-22(19)25/h5-11,17,20-21H,4,12-15H2,1-3H3,(H,27,29)/t17-,20-,21-/m0/s1. The summed E-state index contributed by atoms with van der Waals surface area (Å²) in [4.78, 5) is 15.2. The van der Waals surface area contributed by atoms with Crippen LogP contribution in [0.4, 0.5) is 4.39 Å². The lowest BCUT2D eigenvalue weighted by Gasteiger charge is -2.38. The van der Waals surface area contributed by atoms with E-state index in [0.29, 0.717) is 18.7 Å². The number of benzene rings is 2. The minimum Gasteiger partial charge on any atom is -0.353 e. The maximum Gasteiger partial charge on any atom is 0.224 e. The molecule has 1 N–H and O–H groups in total. The Kier molecular flexibility index (Phi) is 7.31. The van der Waals surface area contributed by atoms with Gasteiger partial charge in [0, 0.05) is 30.7 Å². The molecule has 0 spiro atoms. The fourth-order valence-corrected chi connectivity index (χ4v) is 4.20. The molecule has 3 atom stereocenters. The summed E-state index contributed by atoms with van der Waals surface area (Å²) in [6.45, 7) is 8.11. The number of carbonyl (C=O) groups is 1. The highest BCUT2D eigenvalue weighted by molar-refractivity contribution is 6.31. The zero-order chi connectivity index (χ0) is 21.0. The van der Waals surface area contributed by atoms with E-state index in [9.17, 15) is 9.18 Å². The van der Waals surface area contributed by atoms with Crippen molar-refractivity contribution in [1.82, 2.24) is 10.2 Å². The van der Waals surface area contributed by atoms with Gasteiger partial charge in [0.1, 0.15) is 5.82 Å². The van der Waals surface area contributed by atoms with Gasteiger partial charge in [0.2, 0.25) is 5.91 Å². The molecule has 0 aromatic heterocycles. The molecular weight excluding hydrogens is 387 g/mol. The third-order valence-electron chi connectivity index (χ3n) is 5.90. The van der Waals surface area contributed by atoms with E-state index in [1.807, 2.05) is 43.3 Å². The Balaban J connectivity index is 1.83. The number of piperidine rings is 1. The average molecular weight is 417 g/mol. The molecule has 29 heavy (non-hydrogen) atoms. The molecule has 2 aromatic rings. The van der Waals surface area contributed by atoms with Crippen LogP contribution >= 0.6 is 11.6 Å². The second kappa shape index (κ2) is 9.73. The first-order valence-electron chi connectivity index (χ1n) is 10.4. The predicted molar refractivity (Wildman–Crippen MR) is 117 cm³/mol. The van der Waals surface area contributed by atoms with Gasteiger partial charge in [-0.25, -0.2) is 4.39 Å². The van der Waals surface area contributed by atoms with E-state index in [2.05, 4.69) is 17.1 Å². The Morgan fingerprint density at radius 1 is 1.28 bits per heavy atom. The molecule has 156 valence electrons. The number of hydrogen-bond acceptors (Lipinski definition) is 2. The summed E-state index contributed by atoms with van der Waals surface area (Å²) in [7, 11) is 0. The van der Waals surface area contributed by atoms with Crippen LogP contribution in [0, 0.1) is 18.7 Å². The van der Waals surface area contributed by atoms with Crippen molar-refractivity contribution >= 4 is 17.5 Å². The molecule has 1 aliphatic heterocycles. The Labute approximate surface area is 178 Å². The van der Waals surface area contributed by atoms with Gasteiger partial charge in [-0.2, -0.15) is 0 Å². The van der Waals surface area contributed by atoms with Gasteiger partial charge in [0.25, 0.3) is 0 Å². The van der Waals surface area contributed by atoms with Crippen LogP contribution in [-0.2, 0) is 11.3 Å². The van der Waals surface area contributed by atoms with Gasteiger partial charge in [0.15, 0.2) is 0 Å². The number of hydrogen-bond donors (Lipinski definition) is 1. The number of nitrogens with one attached hydrogen (secondary N) is 1. The number of amides is 1. The molecule has 2 aromatic carbocycles. The summed E-state index contributed by atoms with van der Waals surface area (Å²) >= 11 is 6.37. The summed E-state index contributed by atoms with van der Waals surface area (Å²) in [5, 5.41) is 3.88. The lowest BCUT2D eigenvalue weighted by molar-refractivity contribution is -0.127. The van der Waals surface area contributed by atoms with Gasteiger partial charge in [-0.05, 0) is 61.4 Å². The van der Waals surface area contributed by atoms with Crippen LogP contribution in [-0.4, -0.2) is 29.9 Å². The van der Waals surface area contributed by atoms with E-state index in [4.69, 9.17) is 11.6 Å². The zero-order valence-electron chi connectivity index (χ0n) is 17.4. The van der Waals surface area contributed by atoms with E-state index < -0.39 is 0 Å². The van der Waals surface area contributed by atoms with Gasteiger partial charge < -0.3 is 5.32 Å². The Morgan fingerprint density at radius 3 is 2.72 bits per heavy atom. The van der Waals surface area contributed by atoms with Crippen LogP contribution in [0.2, 0.25) is 5.02 Å². The van der Waals surface area contributed by atoms with Crippen molar-refractivity contribution in [3.63, 3.8) is 0 Å². The van der Waals surface area contributed by atoms with Crippen LogP contribution in [0.3, 0.4) is 0 Å². The fourth-order valence-electron chi connectivity index (χ4n) is 4.00. The van der Waals surface area contributed by atoms with Gasteiger partial charge in [-0.3, -0.25) is 9.69 Å². The zero-order valence-corrected chi connectivity index (χ0v) is 18.2. The quantitative estimate of drug-likeness (QED) is 0.692. The third kappa shape index (κ3) is 5.58. The Bertz CT molecular complexity index is 857. The SMILES string of the molecule is CC[C@H](C)NC(=O)[C@H]1C[C@H](c2ccc(F)c(C)c2)CN(Cc2ccccc2Cl)C1. The molecule has 0 saturated carbocycles. The van der Waals surface area contributed by atoms with Crippen molar-refractivity contribution < 1.29 is 9.18 Å². The van der Waals surface area contributed by atoms with Gasteiger partial charge in [-0.1, -0.05) is 48.9 Å². The average Bonchev–Trinajstić information content (AvgIpc) is 2.71. The van der Waals surface area contributed by atoms with E-state index in [1.54, 1.807) is 6.92 Å². The predicted octanol–water partition coefficient (Wildman–Crippen LogP) is 5.31. The molecule has 1 fully saturated rings. The molecule has 5 heteroatoms. The summed E-state index contributed by atoms with van der Waals surface area (Å²) in [6, 6.07) is 13.3. The summed E-state index contributed by atoms with van der Waals surface area (Å²) in [6.07, 6.45) is 1.68. The van der Waals surface area contributed by atoms with Crippen molar-refractivity contribution in [2.45, 2.75) is 52.1 Å². The minimum absolute atomic E-state index is 0.101. The maximum absolute atomic E-state index is 13.8. The minimum atomic E-state index is -0.191.